The second kappa shape index (κ2) is 4.89. The zero-order chi connectivity index (χ0) is 12.4. The Morgan fingerprint density at radius 1 is 1.17 bits per heavy atom. The third kappa shape index (κ3) is 2.12. The fourth-order valence-electron chi connectivity index (χ4n) is 3.58. The van der Waals surface area contributed by atoms with Crippen molar-refractivity contribution in [1.29, 1.82) is 0 Å². The molecule has 0 saturated heterocycles. The smallest absolute Gasteiger partial charge is 0.0933 e. The van der Waals surface area contributed by atoms with Crippen molar-refractivity contribution >= 4 is 0 Å². The predicted octanol–water partition coefficient (Wildman–Crippen LogP) is 4.45. The van der Waals surface area contributed by atoms with Crippen molar-refractivity contribution in [2.75, 3.05) is 6.61 Å². The molecule has 0 unspecified atom stereocenters. The molecule has 1 fully saturated rings. The fourth-order valence-corrected chi connectivity index (χ4v) is 3.58. The number of hydrogen-bond donors (Lipinski definition) is 0. The summed E-state index contributed by atoms with van der Waals surface area (Å²) in [4.78, 5) is 0. The summed E-state index contributed by atoms with van der Waals surface area (Å²) in [5.41, 5.74) is 2.94. The van der Waals surface area contributed by atoms with Crippen LogP contribution < -0.4 is 0 Å². The maximum atomic E-state index is 6.27. The van der Waals surface area contributed by atoms with Gasteiger partial charge < -0.3 is 4.74 Å². The van der Waals surface area contributed by atoms with Crippen LogP contribution in [0.4, 0.5) is 0 Å². The Bertz CT molecular complexity index is 434. The van der Waals surface area contributed by atoms with E-state index >= 15 is 0 Å². The molecule has 1 aromatic rings. The highest BCUT2D eigenvalue weighted by Crippen LogP contribution is 2.46. The summed E-state index contributed by atoms with van der Waals surface area (Å²) in [6.07, 6.45) is 8.60. The van der Waals surface area contributed by atoms with Gasteiger partial charge in [0.1, 0.15) is 0 Å². The molecule has 1 nitrogen and oxygen atoms in total. The van der Waals surface area contributed by atoms with Crippen LogP contribution in [0.15, 0.2) is 42.0 Å². The van der Waals surface area contributed by atoms with Gasteiger partial charge in [-0.05, 0) is 31.7 Å². The molecule has 2 atom stereocenters. The minimum atomic E-state index is -0.0120. The molecule has 3 rings (SSSR count). The highest BCUT2D eigenvalue weighted by molar-refractivity contribution is 5.29. The summed E-state index contributed by atoms with van der Waals surface area (Å²) >= 11 is 0. The van der Waals surface area contributed by atoms with E-state index in [1.165, 1.54) is 36.8 Å². The molecule has 0 amide bonds. The van der Waals surface area contributed by atoms with Crippen LogP contribution in [0, 0.1) is 0 Å². The molecule has 1 heteroatoms. The minimum absolute atomic E-state index is 0.0120. The molecule has 1 spiro atoms. The van der Waals surface area contributed by atoms with Crippen LogP contribution in [-0.2, 0) is 4.74 Å². The highest BCUT2D eigenvalue weighted by Gasteiger charge is 2.42. The number of benzene rings is 1. The van der Waals surface area contributed by atoms with E-state index in [0.29, 0.717) is 5.92 Å². The topological polar surface area (TPSA) is 9.23 Å². The lowest BCUT2D eigenvalue weighted by Gasteiger charge is -2.44. The van der Waals surface area contributed by atoms with Crippen LogP contribution in [0.25, 0.3) is 0 Å². The molecule has 0 bridgehead atoms. The van der Waals surface area contributed by atoms with Gasteiger partial charge in [-0.1, -0.05) is 54.8 Å². The Morgan fingerprint density at radius 3 is 2.78 bits per heavy atom. The second-order valence-electron chi connectivity index (χ2n) is 5.75. The summed E-state index contributed by atoms with van der Waals surface area (Å²) in [6, 6.07) is 10.9. The third-order valence-electron chi connectivity index (χ3n) is 4.46. The Morgan fingerprint density at radius 2 is 2.00 bits per heavy atom. The molecule has 1 saturated carbocycles. The summed E-state index contributed by atoms with van der Waals surface area (Å²) in [5.74, 6) is 0.544. The standard InChI is InChI=1S/C17H22O/c1-14-10-12-18-17(13-14)11-6-5-9-16(17)15-7-3-2-4-8-15/h2-4,7-8,13,16H,5-6,9-12H2,1H3/t16-,17-/m1/s1. The average Bonchev–Trinajstić information content (AvgIpc) is 2.40. The first-order valence-electron chi connectivity index (χ1n) is 7.17. The van der Waals surface area contributed by atoms with Crippen molar-refractivity contribution in [2.24, 2.45) is 0 Å². The Balaban J connectivity index is 1.98. The van der Waals surface area contributed by atoms with Crippen molar-refractivity contribution in [3.63, 3.8) is 0 Å². The van der Waals surface area contributed by atoms with Crippen LogP contribution >= 0.6 is 0 Å². The average molecular weight is 242 g/mol. The van der Waals surface area contributed by atoms with Crippen LogP contribution in [0.3, 0.4) is 0 Å². The monoisotopic (exact) mass is 242 g/mol. The van der Waals surface area contributed by atoms with Gasteiger partial charge in [0, 0.05) is 5.92 Å². The molecule has 2 aliphatic rings. The van der Waals surface area contributed by atoms with E-state index in [0.717, 1.165) is 13.0 Å². The van der Waals surface area contributed by atoms with Gasteiger partial charge in [-0.25, -0.2) is 0 Å². The van der Waals surface area contributed by atoms with E-state index in [4.69, 9.17) is 4.74 Å². The zero-order valence-corrected chi connectivity index (χ0v) is 11.2. The molecular weight excluding hydrogens is 220 g/mol. The van der Waals surface area contributed by atoms with Crippen LogP contribution in [0.2, 0.25) is 0 Å². The number of hydrogen-bond acceptors (Lipinski definition) is 1. The van der Waals surface area contributed by atoms with Gasteiger partial charge in [0.05, 0.1) is 12.2 Å². The van der Waals surface area contributed by atoms with Crippen molar-refractivity contribution in [1.82, 2.24) is 0 Å². The van der Waals surface area contributed by atoms with E-state index in [1.54, 1.807) is 0 Å². The van der Waals surface area contributed by atoms with Gasteiger partial charge >= 0.3 is 0 Å². The Hall–Kier alpha value is -1.08. The lowest BCUT2D eigenvalue weighted by molar-refractivity contribution is -0.0563. The van der Waals surface area contributed by atoms with Crippen LogP contribution in [-0.4, -0.2) is 12.2 Å². The lowest BCUT2D eigenvalue weighted by atomic mass is 9.70. The fraction of sp³-hybridized carbons (Fsp3) is 0.529. The molecule has 0 radical (unpaired) electrons. The van der Waals surface area contributed by atoms with Crippen LogP contribution in [0.1, 0.15) is 50.5 Å². The second-order valence-corrected chi connectivity index (χ2v) is 5.75. The lowest BCUT2D eigenvalue weighted by Crippen LogP contribution is -2.42. The van der Waals surface area contributed by atoms with Crippen molar-refractivity contribution in [2.45, 2.75) is 50.5 Å². The number of rotatable bonds is 1. The predicted molar refractivity (Wildman–Crippen MR) is 74.7 cm³/mol. The quantitative estimate of drug-likeness (QED) is 0.661. The molecule has 18 heavy (non-hydrogen) atoms. The van der Waals surface area contributed by atoms with Gasteiger partial charge in [-0.2, -0.15) is 0 Å². The molecule has 0 N–H and O–H groups in total. The summed E-state index contributed by atoms with van der Waals surface area (Å²) in [5, 5.41) is 0. The van der Waals surface area contributed by atoms with Gasteiger partial charge in [0.15, 0.2) is 0 Å². The molecule has 1 aliphatic carbocycles. The van der Waals surface area contributed by atoms with Crippen LogP contribution in [0.5, 0.6) is 0 Å². The third-order valence-corrected chi connectivity index (χ3v) is 4.46. The van der Waals surface area contributed by atoms with Gasteiger partial charge in [-0.15, -0.1) is 0 Å². The molecule has 0 aromatic heterocycles. The molecule has 1 aromatic carbocycles. The first-order chi connectivity index (χ1) is 8.80. The number of ether oxygens (including phenoxy) is 1. The minimum Gasteiger partial charge on any atom is -0.370 e. The largest absolute Gasteiger partial charge is 0.370 e. The van der Waals surface area contributed by atoms with E-state index in [2.05, 4.69) is 43.3 Å². The van der Waals surface area contributed by atoms with Gasteiger partial charge in [0.2, 0.25) is 0 Å². The van der Waals surface area contributed by atoms with E-state index < -0.39 is 0 Å². The van der Waals surface area contributed by atoms with Gasteiger partial charge in [-0.3, -0.25) is 0 Å². The first-order valence-corrected chi connectivity index (χ1v) is 7.17. The highest BCUT2D eigenvalue weighted by atomic mass is 16.5. The van der Waals surface area contributed by atoms with Crippen molar-refractivity contribution in [3.05, 3.63) is 47.5 Å². The Labute approximate surface area is 110 Å². The maximum Gasteiger partial charge on any atom is 0.0933 e. The first kappa shape index (κ1) is 12.0. The normalized spacial score (nSPS) is 32.3. The maximum absolute atomic E-state index is 6.27. The van der Waals surface area contributed by atoms with Crippen molar-refractivity contribution < 1.29 is 4.74 Å². The molecular formula is C17H22O. The molecule has 96 valence electrons. The van der Waals surface area contributed by atoms with Gasteiger partial charge in [0.25, 0.3) is 0 Å². The summed E-state index contributed by atoms with van der Waals surface area (Å²) < 4.78 is 6.27. The molecule has 1 heterocycles. The Kier molecular flexibility index (Phi) is 3.25. The van der Waals surface area contributed by atoms with E-state index in [-0.39, 0.29) is 5.60 Å². The van der Waals surface area contributed by atoms with E-state index in [9.17, 15) is 0 Å². The van der Waals surface area contributed by atoms with Crippen molar-refractivity contribution in [3.8, 4) is 0 Å². The SMILES string of the molecule is CC1=C[C@@]2(CCCC[C@@H]2c2ccccc2)OCC1. The zero-order valence-electron chi connectivity index (χ0n) is 11.2. The summed E-state index contributed by atoms with van der Waals surface area (Å²) in [6.45, 7) is 3.15. The summed E-state index contributed by atoms with van der Waals surface area (Å²) in [7, 11) is 0. The van der Waals surface area contributed by atoms with E-state index in [1.807, 2.05) is 0 Å². The molecule has 1 aliphatic heterocycles.